The minimum atomic E-state index is 0.188. The Balaban J connectivity index is 2.17. The van der Waals surface area contributed by atoms with Crippen molar-refractivity contribution in [1.82, 2.24) is 5.32 Å². The van der Waals surface area contributed by atoms with Crippen molar-refractivity contribution < 1.29 is 4.74 Å². The van der Waals surface area contributed by atoms with Crippen LogP contribution in [0.25, 0.3) is 0 Å². The van der Waals surface area contributed by atoms with E-state index in [-0.39, 0.29) is 6.04 Å². The molecule has 112 valence electrons. The zero-order chi connectivity index (χ0) is 15.2. The topological polar surface area (TPSA) is 21.3 Å². The molecule has 0 aliphatic heterocycles. The van der Waals surface area contributed by atoms with Crippen LogP contribution < -0.4 is 10.1 Å². The van der Waals surface area contributed by atoms with Crippen LogP contribution in [0.3, 0.4) is 0 Å². The number of hydrogen-bond acceptors (Lipinski definition) is 2. The summed E-state index contributed by atoms with van der Waals surface area (Å²) in [7, 11) is 1.69. The number of hydrogen-bond donors (Lipinski definition) is 1. The van der Waals surface area contributed by atoms with Crippen LogP contribution in [-0.2, 0) is 6.54 Å². The average Bonchev–Trinajstić information content (AvgIpc) is 2.50. The van der Waals surface area contributed by atoms with Crippen LogP contribution in [0.15, 0.2) is 42.5 Å². The van der Waals surface area contributed by atoms with E-state index in [1.165, 1.54) is 0 Å². The summed E-state index contributed by atoms with van der Waals surface area (Å²) in [5.41, 5.74) is 2.07. The third-order valence-corrected chi connectivity index (χ3v) is 4.22. The molecule has 0 saturated heterocycles. The lowest BCUT2D eigenvalue weighted by Gasteiger charge is -2.20. The van der Waals surface area contributed by atoms with Crippen LogP contribution in [0.2, 0.25) is 10.0 Å². The Morgan fingerprint density at radius 2 is 1.71 bits per heavy atom. The Labute approximate surface area is 136 Å². The molecule has 0 spiro atoms. The molecule has 0 bridgehead atoms. The lowest BCUT2D eigenvalue weighted by atomic mass is 10.0. The first-order valence-corrected chi connectivity index (χ1v) is 7.72. The minimum Gasteiger partial charge on any atom is -0.496 e. The molecule has 4 heteroatoms. The highest BCUT2D eigenvalue weighted by Gasteiger charge is 2.14. The molecule has 2 aromatic carbocycles. The molecule has 0 radical (unpaired) electrons. The van der Waals surface area contributed by atoms with Crippen LogP contribution in [0, 0.1) is 0 Å². The fourth-order valence-electron chi connectivity index (χ4n) is 2.35. The first kappa shape index (κ1) is 16.2. The molecule has 21 heavy (non-hydrogen) atoms. The van der Waals surface area contributed by atoms with E-state index >= 15 is 0 Å². The number of benzene rings is 2. The van der Waals surface area contributed by atoms with E-state index < -0.39 is 0 Å². The predicted octanol–water partition coefficient (Wildman–Crippen LogP) is 5.24. The number of para-hydroxylation sites is 1. The van der Waals surface area contributed by atoms with E-state index in [1.54, 1.807) is 7.11 Å². The van der Waals surface area contributed by atoms with Gasteiger partial charge in [0.1, 0.15) is 5.75 Å². The second kappa shape index (κ2) is 7.69. The van der Waals surface area contributed by atoms with E-state index in [1.807, 2.05) is 36.4 Å². The largest absolute Gasteiger partial charge is 0.496 e. The highest BCUT2D eigenvalue weighted by molar-refractivity contribution is 6.35. The van der Waals surface area contributed by atoms with Gasteiger partial charge in [-0.3, -0.25) is 0 Å². The van der Waals surface area contributed by atoms with Crippen LogP contribution in [0.5, 0.6) is 5.75 Å². The number of halogens is 2. The van der Waals surface area contributed by atoms with Crippen molar-refractivity contribution in [1.29, 1.82) is 0 Å². The zero-order valence-corrected chi connectivity index (χ0v) is 13.7. The Kier molecular flexibility index (Phi) is 5.92. The fourth-order valence-corrected chi connectivity index (χ4v) is 2.89. The Hall–Kier alpha value is -1.22. The number of methoxy groups -OCH3 is 1. The van der Waals surface area contributed by atoms with Gasteiger partial charge in [0, 0.05) is 33.8 Å². The van der Waals surface area contributed by atoms with Crippen molar-refractivity contribution in [3.05, 3.63) is 63.6 Å². The second-order valence-corrected chi connectivity index (χ2v) is 5.60. The molecule has 1 unspecified atom stereocenters. The number of nitrogens with one attached hydrogen (secondary N) is 1. The van der Waals surface area contributed by atoms with Gasteiger partial charge in [0.05, 0.1) is 7.11 Å². The monoisotopic (exact) mass is 323 g/mol. The smallest absolute Gasteiger partial charge is 0.123 e. The lowest BCUT2D eigenvalue weighted by molar-refractivity contribution is 0.396. The zero-order valence-electron chi connectivity index (χ0n) is 12.2. The average molecular weight is 324 g/mol. The Bertz CT molecular complexity index is 581. The van der Waals surface area contributed by atoms with Gasteiger partial charge in [-0.25, -0.2) is 0 Å². The van der Waals surface area contributed by atoms with Crippen LogP contribution >= 0.6 is 23.2 Å². The molecule has 1 N–H and O–H groups in total. The molecular weight excluding hydrogens is 305 g/mol. The standard InChI is InChI=1S/C17H19Cl2NO/c1-3-16(12-7-4-5-10-17(12)21-2)20-11-13-14(18)8-6-9-15(13)19/h4-10,16,20H,3,11H2,1-2H3. The van der Waals surface area contributed by atoms with Crippen molar-refractivity contribution in [2.45, 2.75) is 25.9 Å². The molecule has 0 aliphatic rings. The van der Waals surface area contributed by atoms with Gasteiger partial charge in [0.2, 0.25) is 0 Å². The molecular formula is C17H19Cl2NO. The summed E-state index contributed by atoms with van der Waals surface area (Å²) < 4.78 is 5.44. The maximum Gasteiger partial charge on any atom is 0.123 e. The van der Waals surface area contributed by atoms with Gasteiger partial charge in [0.15, 0.2) is 0 Å². The summed E-state index contributed by atoms with van der Waals surface area (Å²) in [5.74, 6) is 0.891. The number of ether oxygens (including phenoxy) is 1. The van der Waals surface area contributed by atoms with Crippen molar-refractivity contribution in [3.8, 4) is 5.75 Å². The highest BCUT2D eigenvalue weighted by Crippen LogP contribution is 2.29. The first-order valence-electron chi connectivity index (χ1n) is 6.96. The molecule has 0 aliphatic carbocycles. The third-order valence-electron chi connectivity index (χ3n) is 3.51. The Morgan fingerprint density at radius 1 is 1.05 bits per heavy atom. The number of rotatable bonds is 6. The highest BCUT2D eigenvalue weighted by atomic mass is 35.5. The molecule has 0 aromatic heterocycles. The van der Waals surface area contributed by atoms with E-state index in [9.17, 15) is 0 Å². The van der Waals surface area contributed by atoms with E-state index in [0.29, 0.717) is 16.6 Å². The van der Waals surface area contributed by atoms with E-state index in [2.05, 4.69) is 18.3 Å². The quantitative estimate of drug-likeness (QED) is 0.784. The normalized spacial score (nSPS) is 12.2. The SMILES string of the molecule is CCC(NCc1c(Cl)cccc1Cl)c1ccccc1OC. The van der Waals surface area contributed by atoms with Gasteiger partial charge >= 0.3 is 0 Å². The molecule has 0 amide bonds. The summed E-state index contributed by atoms with van der Waals surface area (Å²) in [6, 6.07) is 13.8. The third kappa shape index (κ3) is 3.91. The summed E-state index contributed by atoms with van der Waals surface area (Å²) in [6.45, 7) is 2.76. The maximum absolute atomic E-state index is 6.21. The molecule has 1 atom stereocenters. The van der Waals surface area contributed by atoms with Crippen molar-refractivity contribution in [2.75, 3.05) is 7.11 Å². The lowest BCUT2D eigenvalue weighted by Crippen LogP contribution is -2.21. The molecule has 0 fully saturated rings. The van der Waals surface area contributed by atoms with Crippen molar-refractivity contribution in [2.24, 2.45) is 0 Å². The maximum atomic E-state index is 6.21. The van der Waals surface area contributed by atoms with Crippen LogP contribution in [0.4, 0.5) is 0 Å². The van der Waals surface area contributed by atoms with Gasteiger partial charge < -0.3 is 10.1 Å². The van der Waals surface area contributed by atoms with Gasteiger partial charge in [0.25, 0.3) is 0 Å². The van der Waals surface area contributed by atoms with E-state index in [0.717, 1.165) is 23.3 Å². The van der Waals surface area contributed by atoms with Crippen molar-refractivity contribution in [3.63, 3.8) is 0 Å². The molecule has 2 aromatic rings. The first-order chi connectivity index (χ1) is 10.2. The molecule has 0 saturated carbocycles. The van der Waals surface area contributed by atoms with Gasteiger partial charge in [-0.05, 0) is 24.6 Å². The minimum absolute atomic E-state index is 0.188. The second-order valence-electron chi connectivity index (χ2n) is 4.78. The van der Waals surface area contributed by atoms with Crippen LogP contribution in [0.1, 0.15) is 30.5 Å². The van der Waals surface area contributed by atoms with Gasteiger partial charge in [-0.1, -0.05) is 54.4 Å². The van der Waals surface area contributed by atoms with Gasteiger partial charge in [-0.15, -0.1) is 0 Å². The predicted molar refractivity (Wildman–Crippen MR) is 89.3 cm³/mol. The molecule has 2 rings (SSSR count). The summed E-state index contributed by atoms with van der Waals surface area (Å²) in [5, 5.41) is 4.88. The fraction of sp³-hybridized carbons (Fsp3) is 0.294. The van der Waals surface area contributed by atoms with Crippen molar-refractivity contribution >= 4 is 23.2 Å². The Morgan fingerprint density at radius 3 is 2.33 bits per heavy atom. The molecule has 0 heterocycles. The summed E-state index contributed by atoms with van der Waals surface area (Å²) in [4.78, 5) is 0. The molecule has 2 nitrogen and oxygen atoms in total. The van der Waals surface area contributed by atoms with Crippen LogP contribution in [-0.4, -0.2) is 7.11 Å². The van der Waals surface area contributed by atoms with E-state index in [4.69, 9.17) is 27.9 Å². The summed E-state index contributed by atoms with van der Waals surface area (Å²) in [6.07, 6.45) is 0.947. The summed E-state index contributed by atoms with van der Waals surface area (Å²) >= 11 is 12.4. The van der Waals surface area contributed by atoms with Gasteiger partial charge in [-0.2, -0.15) is 0 Å².